The fraction of sp³-hybridized carbons (Fsp3) is 0.429. The fourth-order valence-electron chi connectivity index (χ4n) is 4.16. The van der Waals surface area contributed by atoms with E-state index in [-0.39, 0.29) is 11.8 Å². The first-order valence-corrected chi connectivity index (χ1v) is 11.0. The number of fused-ring (bicyclic) bond motifs is 1. The number of benzene rings is 1. The Labute approximate surface area is 173 Å². The molecule has 4 rings (SSSR count). The number of nitrogens with one attached hydrogen (secondary N) is 1. The predicted octanol–water partition coefficient (Wildman–Crippen LogP) is 6.00. The van der Waals surface area contributed by atoms with Crippen molar-refractivity contribution in [3.63, 3.8) is 0 Å². The third kappa shape index (κ3) is 4.18. The highest BCUT2D eigenvalue weighted by Crippen LogP contribution is 2.36. The minimum atomic E-state index is -0.488. The second-order valence-corrected chi connectivity index (χ2v) is 9.18. The topological polar surface area (TPSA) is 67.2 Å². The van der Waals surface area contributed by atoms with Gasteiger partial charge in [-0.25, -0.2) is 4.98 Å². The van der Waals surface area contributed by atoms with Gasteiger partial charge in [0.1, 0.15) is 10.4 Å². The summed E-state index contributed by atoms with van der Waals surface area (Å²) in [6.07, 6.45) is 11.3. The van der Waals surface area contributed by atoms with Crippen molar-refractivity contribution in [1.29, 1.82) is 0 Å². The molecule has 2 N–H and O–H groups in total. The lowest BCUT2D eigenvalue weighted by atomic mass is 9.92. The number of amides is 1. The number of rotatable bonds is 5. The van der Waals surface area contributed by atoms with E-state index in [1.165, 1.54) is 43.2 Å². The van der Waals surface area contributed by atoms with Crippen LogP contribution in [0.5, 0.6) is 5.88 Å². The first-order chi connectivity index (χ1) is 13.6. The van der Waals surface area contributed by atoms with Crippen LogP contribution < -0.4 is 5.32 Å². The summed E-state index contributed by atoms with van der Waals surface area (Å²) in [6.45, 7) is 0. The molecule has 0 radical (unpaired) electrons. The molecule has 2 aromatic heterocycles. The molecule has 1 aromatic carbocycles. The van der Waals surface area contributed by atoms with Crippen molar-refractivity contribution in [2.24, 2.45) is 5.92 Å². The Balaban J connectivity index is 1.65. The van der Waals surface area contributed by atoms with Crippen molar-refractivity contribution in [2.45, 2.75) is 51.0 Å². The molecular weight excluding hydrogens is 394 g/mol. The predicted molar refractivity (Wildman–Crippen MR) is 114 cm³/mol. The van der Waals surface area contributed by atoms with Crippen molar-refractivity contribution in [1.82, 2.24) is 9.55 Å². The van der Waals surface area contributed by atoms with Crippen molar-refractivity contribution < 1.29 is 9.90 Å². The van der Waals surface area contributed by atoms with E-state index in [0.29, 0.717) is 21.8 Å². The maximum Gasteiger partial charge on any atom is 0.249 e. The molecule has 1 fully saturated rings. The first-order valence-electron chi connectivity index (χ1n) is 9.82. The molecule has 1 amide bonds. The van der Waals surface area contributed by atoms with Crippen LogP contribution in [-0.4, -0.2) is 20.6 Å². The van der Waals surface area contributed by atoms with Crippen molar-refractivity contribution in [2.75, 3.05) is 5.32 Å². The molecule has 7 heteroatoms. The molecule has 1 unspecified atom stereocenters. The van der Waals surface area contributed by atoms with Crippen LogP contribution in [0, 0.1) is 5.92 Å². The van der Waals surface area contributed by atoms with E-state index in [4.69, 9.17) is 11.6 Å². The molecule has 0 spiro atoms. The van der Waals surface area contributed by atoms with Gasteiger partial charge in [-0.2, -0.15) is 0 Å². The standard InChI is InChI=1S/C21H24ClN3O2S/c22-18-12-23-21(28-18)24-19(26)17(11-14-7-3-1-2-4-8-14)25-13-15-9-5-6-10-16(15)20(25)27/h5-6,9-10,12-14,17,27H,1-4,7-8,11H2,(H,23,24,26). The third-order valence-electron chi connectivity index (χ3n) is 5.60. The maximum absolute atomic E-state index is 13.2. The molecule has 3 aromatic rings. The van der Waals surface area contributed by atoms with E-state index in [2.05, 4.69) is 10.3 Å². The van der Waals surface area contributed by atoms with Crippen LogP contribution in [0.25, 0.3) is 10.8 Å². The summed E-state index contributed by atoms with van der Waals surface area (Å²) in [4.78, 5) is 17.3. The summed E-state index contributed by atoms with van der Waals surface area (Å²) >= 11 is 7.19. The SMILES string of the molecule is O=C(Nc1ncc(Cl)s1)C(CC1CCCCCC1)n1cc2ccccc2c1O. The zero-order valence-corrected chi connectivity index (χ0v) is 17.2. The number of hydrogen-bond donors (Lipinski definition) is 2. The van der Waals surface area contributed by atoms with Gasteiger partial charge in [-0.15, -0.1) is 0 Å². The van der Waals surface area contributed by atoms with Crippen LogP contribution in [0.1, 0.15) is 51.0 Å². The molecule has 0 aliphatic heterocycles. The van der Waals surface area contributed by atoms with Gasteiger partial charge in [0.2, 0.25) is 5.91 Å². The largest absolute Gasteiger partial charge is 0.494 e. The number of hydrogen-bond acceptors (Lipinski definition) is 4. The minimum absolute atomic E-state index is 0.140. The van der Waals surface area contributed by atoms with Gasteiger partial charge in [0, 0.05) is 17.0 Å². The highest BCUT2D eigenvalue weighted by molar-refractivity contribution is 7.19. The summed E-state index contributed by atoms with van der Waals surface area (Å²) in [7, 11) is 0. The molecule has 2 heterocycles. The van der Waals surface area contributed by atoms with Crippen molar-refractivity contribution in [3.8, 4) is 5.88 Å². The zero-order valence-electron chi connectivity index (χ0n) is 15.6. The Hall–Kier alpha value is -2.05. The number of halogens is 1. The summed E-state index contributed by atoms with van der Waals surface area (Å²) in [5.41, 5.74) is 0. The smallest absolute Gasteiger partial charge is 0.249 e. The molecule has 1 atom stereocenters. The van der Waals surface area contributed by atoms with Crippen LogP contribution >= 0.6 is 22.9 Å². The van der Waals surface area contributed by atoms with Crippen molar-refractivity contribution in [3.05, 3.63) is 41.0 Å². The molecule has 1 aliphatic carbocycles. The summed E-state index contributed by atoms with van der Waals surface area (Å²) in [5, 5.41) is 15.9. The summed E-state index contributed by atoms with van der Waals surface area (Å²) < 4.78 is 2.25. The molecule has 1 aliphatic rings. The number of carbonyl (C=O) groups excluding carboxylic acids is 1. The lowest BCUT2D eigenvalue weighted by molar-refractivity contribution is -0.119. The van der Waals surface area contributed by atoms with E-state index in [1.54, 1.807) is 4.57 Å². The lowest BCUT2D eigenvalue weighted by Crippen LogP contribution is -2.27. The zero-order chi connectivity index (χ0) is 19.5. The van der Waals surface area contributed by atoms with Crippen LogP contribution in [0.4, 0.5) is 5.13 Å². The Morgan fingerprint density at radius 3 is 2.71 bits per heavy atom. The molecule has 0 saturated heterocycles. The number of nitrogens with zero attached hydrogens (tertiary/aromatic N) is 2. The van der Waals surface area contributed by atoms with Gasteiger partial charge in [0.05, 0.1) is 6.20 Å². The average Bonchev–Trinajstić information content (AvgIpc) is 3.13. The Morgan fingerprint density at radius 1 is 1.29 bits per heavy atom. The summed E-state index contributed by atoms with van der Waals surface area (Å²) in [5.74, 6) is 0.454. The Morgan fingerprint density at radius 2 is 2.04 bits per heavy atom. The molecule has 148 valence electrons. The Bertz CT molecular complexity index is 960. The fourth-order valence-corrected chi connectivity index (χ4v) is 4.98. The number of anilines is 1. The van der Waals surface area contributed by atoms with E-state index in [0.717, 1.165) is 23.6 Å². The second kappa shape index (κ2) is 8.53. The van der Waals surface area contributed by atoms with Gasteiger partial charge >= 0.3 is 0 Å². The average molecular weight is 418 g/mol. The van der Waals surface area contributed by atoms with Gasteiger partial charge in [-0.1, -0.05) is 79.7 Å². The van der Waals surface area contributed by atoms with Gasteiger partial charge in [-0.3, -0.25) is 4.79 Å². The number of aromatic nitrogens is 2. The summed E-state index contributed by atoms with van der Waals surface area (Å²) in [6, 6.07) is 7.17. The van der Waals surface area contributed by atoms with Crippen LogP contribution in [0.15, 0.2) is 36.7 Å². The lowest BCUT2D eigenvalue weighted by Gasteiger charge is -2.23. The van der Waals surface area contributed by atoms with Crippen LogP contribution in [0.3, 0.4) is 0 Å². The van der Waals surface area contributed by atoms with Crippen LogP contribution in [-0.2, 0) is 4.79 Å². The number of carbonyl (C=O) groups is 1. The molecular formula is C21H24ClN3O2S. The number of aromatic hydroxyl groups is 1. The van der Waals surface area contributed by atoms with Gasteiger partial charge in [0.25, 0.3) is 0 Å². The highest BCUT2D eigenvalue weighted by Gasteiger charge is 2.28. The van der Waals surface area contributed by atoms with E-state index in [9.17, 15) is 9.90 Å². The van der Waals surface area contributed by atoms with Crippen molar-refractivity contribution >= 4 is 44.7 Å². The van der Waals surface area contributed by atoms with Gasteiger partial charge < -0.3 is 15.0 Å². The molecule has 0 bridgehead atoms. The molecule has 1 saturated carbocycles. The maximum atomic E-state index is 13.2. The monoisotopic (exact) mass is 417 g/mol. The highest BCUT2D eigenvalue weighted by atomic mass is 35.5. The Kier molecular flexibility index (Phi) is 5.87. The van der Waals surface area contributed by atoms with E-state index < -0.39 is 6.04 Å². The van der Waals surface area contributed by atoms with Gasteiger partial charge in [0.15, 0.2) is 11.0 Å². The first kappa shape index (κ1) is 19.3. The number of thiazole rings is 1. The van der Waals surface area contributed by atoms with Gasteiger partial charge in [-0.05, 0) is 18.4 Å². The second-order valence-electron chi connectivity index (χ2n) is 7.52. The quantitative estimate of drug-likeness (QED) is 0.500. The normalized spacial score (nSPS) is 16.8. The van der Waals surface area contributed by atoms with Crippen LogP contribution in [0.2, 0.25) is 4.34 Å². The van der Waals surface area contributed by atoms with E-state index >= 15 is 0 Å². The molecule has 5 nitrogen and oxygen atoms in total. The third-order valence-corrected chi connectivity index (χ3v) is 6.63. The molecule has 28 heavy (non-hydrogen) atoms. The van der Waals surface area contributed by atoms with E-state index in [1.807, 2.05) is 30.5 Å². The minimum Gasteiger partial charge on any atom is -0.494 e.